The van der Waals surface area contributed by atoms with Gasteiger partial charge in [0, 0.05) is 51.4 Å². The van der Waals surface area contributed by atoms with Crippen LogP contribution in [-0.4, -0.2) is 85.2 Å². The SMILES string of the molecule is CCN(CC)S(=O)(=O)N1CCN(C(C)C(=O)Nc2cc([N+](=O)[O-])ccc2OC)CC1. The number of nitro groups is 1. The molecule has 0 spiro atoms. The molecule has 1 heterocycles. The third kappa shape index (κ3) is 5.25. The lowest BCUT2D eigenvalue weighted by atomic mass is 10.2. The number of carbonyl (C=O) groups excluding carboxylic acids is 1. The monoisotopic (exact) mass is 443 g/mol. The topological polar surface area (TPSA) is 125 Å². The molecular weight excluding hydrogens is 414 g/mol. The maximum Gasteiger partial charge on any atom is 0.282 e. The summed E-state index contributed by atoms with van der Waals surface area (Å²) in [6, 6.07) is 3.42. The Morgan fingerprint density at radius 2 is 1.87 bits per heavy atom. The molecule has 1 aromatic rings. The van der Waals surface area contributed by atoms with Gasteiger partial charge in [-0.2, -0.15) is 17.0 Å². The Hall–Kier alpha value is -2.28. The second-order valence-corrected chi connectivity index (χ2v) is 8.76. The van der Waals surface area contributed by atoms with Gasteiger partial charge in [-0.3, -0.25) is 19.8 Å². The van der Waals surface area contributed by atoms with E-state index >= 15 is 0 Å². The highest BCUT2D eigenvalue weighted by molar-refractivity contribution is 7.86. The van der Waals surface area contributed by atoms with E-state index in [1.54, 1.807) is 20.8 Å². The molecule has 1 atom stereocenters. The fraction of sp³-hybridized carbons (Fsp3) is 0.611. The molecule has 1 N–H and O–H groups in total. The predicted octanol–water partition coefficient (Wildman–Crippen LogP) is 1.13. The van der Waals surface area contributed by atoms with Crippen molar-refractivity contribution in [3.05, 3.63) is 28.3 Å². The van der Waals surface area contributed by atoms with Crippen LogP contribution in [0.15, 0.2) is 18.2 Å². The molecule has 1 aromatic carbocycles. The van der Waals surface area contributed by atoms with E-state index in [4.69, 9.17) is 4.74 Å². The number of piperazine rings is 1. The fourth-order valence-electron chi connectivity index (χ4n) is 3.34. The van der Waals surface area contributed by atoms with Crippen LogP contribution in [0.3, 0.4) is 0 Å². The Labute approximate surface area is 176 Å². The Morgan fingerprint density at radius 1 is 1.27 bits per heavy atom. The third-order valence-corrected chi connectivity index (χ3v) is 7.40. The maximum absolute atomic E-state index is 12.7. The van der Waals surface area contributed by atoms with E-state index in [-0.39, 0.29) is 30.4 Å². The minimum Gasteiger partial charge on any atom is -0.495 e. The number of hydrogen-bond acceptors (Lipinski definition) is 7. The largest absolute Gasteiger partial charge is 0.495 e. The molecule has 1 amide bonds. The molecule has 2 rings (SSSR count). The smallest absolute Gasteiger partial charge is 0.282 e. The third-order valence-electron chi connectivity index (χ3n) is 5.21. The van der Waals surface area contributed by atoms with E-state index in [1.807, 2.05) is 4.90 Å². The van der Waals surface area contributed by atoms with Crippen molar-refractivity contribution in [2.24, 2.45) is 0 Å². The van der Waals surface area contributed by atoms with Gasteiger partial charge in [0.05, 0.1) is 23.8 Å². The molecule has 168 valence electrons. The van der Waals surface area contributed by atoms with E-state index in [0.717, 1.165) is 0 Å². The molecule has 0 saturated carbocycles. The Morgan fingerprint density at radius 3 is 2.37 bits per heavy atom. The summed E-state index contributed by atoms with van der Waals surface area (Å²) in [5, 5.41) is 13.7. The van der Waals surface area contributed by atoms with Crippen molar-refractivity contribution < 1.29 is 22.9 Å². The Balaban J connectivity index is 2.04. The fourth-order valence-corrected chi connectivity index (χ4v) is 4.95. The zero-order chi connectivity index (χ0) is 22.5. The number of hydrogen-bond donors (Lipinski definition) is 1. The van der Waals surface area contributed by atoms with Crippen LogP contribution in [0.5, 0.6) is 5.75 Å². The lowest BCUT2D eigenvalue weighted by Crippen LogP contribution is -2.56. The van der Waals surface area contributed by atoms with Gasteiger partial charge in [0.1, 0.15) is 5.75 Å². The number of nitro benzene ring substituents is 1. The summed E-state index contributed by atoms with van der Waals surface area (Å²) in [5.41, 5.74) is 0.0558. The van der Waals surface area contributed by atoms with Gasteiger partial charge in [-0.1, -0.05) is 13.8 Å². The van der Waals surface area contributed by atoms with Crippen molar-refractivity contribution in [2.45, 2.75) is 26.8 Å². The zero-order valence-electron chi connectivity index (χ0n) is 17.7. The number of non-ortho nitro benzene ring substituents is 1. The number of nitrogens with one attached hydrogen (secondary N) is 1. The molecule has 0 bridgehead atoms. The van der Waals surface area contributed by atoms with Crippen LogP contribution in [0.25, 0.3) is 0 Å². The summed E-state index contributed by atoms with van der Waals surface area (Å²) in [7, 11) is -2.09. The first-order valence-corrected chi connectivity index (χ1v) is 11.2. The van der Waals surface area contributed by atoms with Crippen LogP contribution in [0.1, 0.15) is 20.8 Å². The number of anilines is 1. The maximum atomic E-state index is 12.7. The zero-order valence-corrected chi connectivity index (χ0v) is 18.5. The highest BCUT2D eigenvalue weighted by atomic mass is 32.2. The molecule has 0 radical (unpaired) electrons. The molecule has 11 nitrogen and oxygen atoms in total. The van der Waals surface area contributed by atoms with Crippen molar-refractivity contribution in [1.82, 2.24) is 13.5 Å². The first-order valence-electron chi connectivity index (χ1n) is 9.78. The van der Waals surface area contributed by atoms with Crippen molar-refractivity contribution >= 4 is 27.5 Å². The van der Waals surface area contributed by atoms with Crippen LogP contribution in [0.2, 0.25) is 0 Å². The molecule has 1 aliphatic rings. The predicted molar refractivity (Wildman–Crippen MR) is 113 cm³/mol. The molecule has 1 unspecified atom stereocenters. The standard InChI is InChI=1S/C18H29N5O6S/c1-5-21(6-2)30(27,28)22-11-9-20(10-12-22)14(3)18(24)19-16-13-15(23(25)26)7-8-17(16)29-4/h7-8,13-14H,5-6,9-12H2,1-4H3,(H,19,24). The molecule has 30 heavy (non-hydrogen) atoms. The summed E-state index contributed by atoms with van der Waals surface area (Å²) in [6.07, 6.45) is 0. The highest BCUT2D eigenvalue weighted by Gasteiger charge is 2.33. The van der Waals surface area contributed by atoms with Gasteiger partial charge in [0.2, 0.25) is 5.91 Å². The number of methoxy groups -OCH3 is 1. The average molecular weight is 444 g/mol. The van der Waals surface area contributed by atoms with E-state index in [1.165, 1.54) is 33.9 Å². The van der Waals surface area contributed by atoms with Crippen molar-refractivity contribution in [1.29, 1.82) is 0 Å². The van der Waals surface area contributed by atoms with Crippen LogP contribution in [-0.2, 0) is 15.0 Å². The number of rotatable bonds is 9. The van der Waals surface area contributed by atoms with E-state index < -0.39 is 21.2 Å². The van der Waals surface area contributed by atoms with Crippen LogP contribution in [0.4, 0.5) is 11.4 Å². The summed E-state index contributed by atoms with van der Waals surface area (Å²) in [6.45, 7) is 7.51. The summed E-state index contributed by atoms with van der Waals surface area (Å²) < 4.78 is 33.3. The van der Waals surface area contributed by atoms with Gasteiger partial charge in [-0.25, -0.2) is 0 Å². The first kappa shape index (κ1) is 24.0. The van der Waals surface area contributed by atoms with E-state index in [2.05, 4.69) is 5.32 Å². The number of carbonyl (C=O) groups is 1. The normalized spacial score (nSPS) is 17.0. The van der Waals surface area contributed by atoms with Gasteiger partial charge in [0.15, 0.2) is 0 Å². The molecule has 1 aliphatic heterocycles. The van der Waals surface area contributed by atoms with Crippen LogP contribution >= 0.6 is 0 Å². The second kappa shape index (κ2) is 10.2. The highest BCUT2D eigenvalue weighted by Crippen LogP contribution is 2.29. The van der Waals surface area contributed by atoms with E-state index in [0.29, 0.717) is 31.9 Å². The van der Waals surface area contributed by atoms with E-state index in [9.17, 15) is 23.3 Å². The molecule has 0 aliphatic carbocycles. The number of nitrogens with zero attached hydrogens (tertiary/aromatic N) is 4. The van der Waals surface area contributed by atoms with Crippen molar-refractivity contribution in [3.63, 3.8) is 0 Å². The summed E-state index contributed by atoms with van der Waals surface area (Å²) >= 11 is 0. The minimum absolute atomic E-state index is 0.158. The van der Waals surface area contributed by atoms with Gasteiger partial charge < -0.3 is 10.1 Å². The minimum atomic E-state index is -3.51. The molecule has 1 fully saturated rings. The van der Waals surface area contributed by atoms with Gasteiger partial charge in [-0.15, -0.1) is 0 Å². The number of ether oxygens (including phenoxy) is 1. The Kier molecular flexibility index (Phi) is 8.12. The average Bonchev–Trinajstić information content (AvgIpc) is 2.73. The van der Waals surface area contributed by atoms with Crippen LogP contribution in [0, 0.1) is 10.1 Å². The molecule has 12 heteroatoms. The van der Waals surface area contributed by atoms with Gasteiger partial charge in [0.25, 0.3) is 15.9 Å². The number of benzene rings is 1. The summed E-state index contributed by atoms with van der Waals surface area (Å²) in [4.78, 5) is 25.1. The lowest BCUT2D eigenvalue weighted by molar-refractivity contribution is -0.384. The first-order chi connectivity index (χ1) is 14.1. The second-order valence-electron chi connectivity index (χ2n) is 6.83. The molecule has 1 saturated heterocycles. The Bertz CT molecular complexity index is 866. The lowest BCUT2D eigenvalue weighted by Gasteiger charge is -2.38. The summed E-state index contributed by atoms with van der Waals surface area (Å²) in [5.74, 6) is -0.0369. The quantitative estimate of drug-likeness (QED) is 0.448. The molecule has 0 aromatic heterocycles. The number of amides is 1. The van der Waals surface area contributed by atoms with Gasteiger partial charge >= 0.3 is 0 Å². The van der Waals surface area contributed by atoms with Crippen LogP contribution < -0.4 is 10.1 Å². The van der Waals surface area contributed by atoms with Gasteiger partial charge in [-0.05, 0) is 13.0 Å². The van der Waals surface area contributed by atoms with Crippen molar-refractivity contribution in [2.75, 3.05) is 51.7 Å². The molecular formula is C18H29N5O6S. The van der Waals surface area contributed by atoms with Crippen molar-refractivity contribution in [3.8, 4) is 5.75 Å².